The maximum Gasteiger partial charge on any atom is 0.142 e. The van der Waals surface area contributed by atoms with Gasteiger partial charge < -0.3 is 15.3 Å². The lowest BCUT2D eigenvalue weighted by Crippen LogP contribution is -2.10. The molecule has 6 heteroatoms. The van der Waals surface area contributed by atoms with E-state index in [-0.39, 0.29) is 5.82 Å². The van der Waals surface area contributed by atoms with Crippen molar-refractivity contribution in [2.45, 2.75) is 12.8 Å². The van der Waals surface area contributed by atoms with Crippen LogP contribution in [0.25, 0.3) is 22.4 Å². The average molecular weight is 314 g/mol. The Bertz CT molecular complexity index is 1050. The van der Waals surface area contributed by atoms with Crippen molar-refractivity contribution in [3.8, 4) is 34.5 Å². The molecule has 0 atom stereocenters. The molecule has 0 unspecified atom stereocenters. The third-order valence-electron chi connectivity index (χ3n) is 4.56. The van der Waals surface area contributed by atoms with E-state index in [4.69, 9.17) is 5.73 Å². The van der Waals surface area contributed by atoms with Gasteiger partial charge in [-0.15, -0.1) is 0 Å². The van der Waals surface area contributed by atoms with Gasteiger partial charge in [0.1, 0.15) is 29.2 Å². The number of anilines is 1. The monoisotopic (exact) mass is 314 g/mol. The molecular weight excluding hydrogens is 300 g/mol. The number of H-pyrrole nitrogens is 1. The molecule has 0 saturated heterocycles. The van der Waals surface area contributed by atoms with Gasteiger partial charge in [0.05, 0.1) is 5.69 Å². The molecule has 3 aromatic heterocycles. The van der Waals surface area contributed by atoms with Crippen molar-refractivity contribution in [2.24, 2.45) is 7.05 Å². The molecule has 0 spiro atoms. The van der Waals surface area contributed by atoms with Crippen LogP contribution in [-0.4, -0.2) is 14.5 Å². The van der Waals surface area contributed by atoms with E-state index in [1.54, 1.807) is 10.6 Å². The van der Waals surface area contributed by atoms with Crippen LogP contribution < -0.4 is 5.73 Å². The maximum atomic E-state index is 9.60. The van der Waals surface area contributed by atoms with Crippen LogP contribution >= 0.6 is 0 Å². The lowest BCUT2D eigenvalue weighted by molar-refractivity contribution is 0.898. The van der Waals surface area contributed by atoms with Gasteiger partial charge in [-0.2, -0.15) is 10.5 Å². The number of nitrogens with zero attached hydrogens (tertiary/aromatic N) is 4. The number of fused-ring (bicyclic) bond motifs is 3. The Hall–Kier alpha value is -3.51. The number of nitrogens with two attached hydrogens (primary N) is 1. The number of aromatic nitrogens is 3. The number of pyridine rings is 1. The molecule has 3 heterocycles. The van der Waals surface area contributed by atoms with Gasteiger partial charge in [0.15, 0.2) is 0 Å². The normalized spacial score (nSPS) is 12.1. The summed E-state index contributed by atoms with van der Waals surface area (Å²) in [6, 6.07) is 8.13. The fourth-order valence-electron chi connectivity index (χ4n) is 3.43. The highest BCUT2D eigenvalue weighted by molar-refractivity contribution is 5.86. The predicted octanol–water partition coefficient (Wildman–Crippen LogP) is 2.51. The smallest absolute Gasteiger partial charge is 0.142 e. The molecule has 0 fully saturated rings. The Morgan fingerprint density at radius 3 is 2.83 bits per heavy atom. The second kappa shape index (κ2) is 5.00. The van der Waals surface area contributed by atoms with Crippen molar-refractivity contribution < 1.29 is 0 Å². The van der Waals surface area contributed by atoms with Gasteiger partial charge in [0, 0.05) is 41.8 Å². The quantitative estimate of drug-likeness (QED) is 0.719. The fraction of sp³-hybridized carbons (Fsp3) is 0.167. The SMILES string of the molecule is Cn1cc(-c2c(C#N)c(N)nc3c2CCc2[nH]ccc2-3)cc1C#N. The van der Waals surface area contributed by atoms with Crippen LogP contribution in [0.4, 0.5) is 5.82 Å². The molecule has 0 bridgehead atoms. The summed E-state index contributed by atoms with van der Waals surface area (Å²) in [6.07, 6.45) is 5.39. The molecule has 0 radical (unpaired) electrons. The highest BCUT2D eigenvalue weighted by Crippen LogP contribution is 2.41. The van der Waals surface area contributed by atoms with Crippen molar-refractivity contribution in [2.75, 3.05) is 5.73 Å². The van der Waals surface area contributed by atoms with Crippen LogP contribution in [0, 0.1) is 22.7 Å². The standard InChI is InChI=1S/C18H14N6/c1-24-9-10(6-11(24)7-19)16-13-2-3-15-12(4-5-22-15)17(13)23-18(21)14(16)8-20/h4-6,9,22H,2-3H2,1H3,(H2,21,23). The average Bonchev–Trinajstić information content (AvgIpc) is 3.19. The molecule has 24 heavy (non-hydrogen) atoms. The summed E-state index contributed by atoms with van der Waals surface area (Å²) in [5.41, 5.74) is 12.6. The van der Waals surface area contributed by atoms with Gasteiger partial charge in [-0.05, 0) is 30.5 Å². The van der Waals surface area contributed by atoms with E-state index in [0.717, 1.165) is 46.5 Å². The van der Waals surface area contributed by atoms with Crippen LogP contribution in [0.15, 0.2) is 24.5 Å². The molecule has 0 aliphatic heterocycles. The zero-order valence-corrected chi connectivity index (χ0v) is 13.1. The van der Waals surface area contributed by atoms with E-state index < -0.39 is 0 Å². The van der Waals surface area contributed by atoms with Crippen molar-refractivity contribution in [1.82, 2.24) is 14.5 Å². The van der Waals surface area contributed by atoms with Gasteiger partial charge in [-0.3, -0.25) is 0 Å². The van der Waals surface area contributed by atoms with Crippen LogP contribution in [0.2, 0.25) is 0 Å². The summed E-state index contributed by atoms with van der Waals surface area (Å²) >= 11 is 0. The number of hydrogen-bond acceptors (Lipinski definition) is 4. The molecule has 3 aromatic rings. The van der Waals surface area contributed by atoms with E-state index in [9.17, 15) is 10.5 Å². The van der Waals surface area contributed by atoms with Gasteiger partial charge in [0.2, 0.25) is 0 Å². The van der Waals surface area contributed by atoms with Crippen LogP contribution in [-0.2, 0) is 19.9 Å². The summed E-state index contributed by atoms with van der Waals surface area (Å²) in [5.74, 6) is 0.225. The van der Waals surface area contributed by atoms with E-state index in [2.05, 4.69) is 22.1 Å². The first kappa shape index (κ1) is 14.1. The topological polar surface area (TPSA) is 107 Å². The van der Waals surface area contributed by atoms with Gasteiger partial charge in [-0.1, -0.05) is 0 Å². The van der Waals surface area contributed by atoms with Gasteiger partial charge in [-0.25, -0.2) is 4.98 Å². The molecule has 1 aliphatic rings. The molecule has 0 amide bonds. The highest BCUT2D eigenvalue weighted by Gasteiger charge is 2.26. The first-order chi connectivity index (χ1) is 11.6. The number of hydrogen-bond donors (Lipinski definition) is 2. The van der Waals surface area contributed by atoms with Crippen molar-refractivity contribution in [1.29, 1.82) is 10.5 Å². The number of aryl methyl sites for hydroxylation is 2. The first-order valence-corrected chi connectivity index (χ1v) is 7.60. The van der Waals surface area contributed by atoms with Crippen molar-refractivity contribution in [3.63, 3.8) is 0 Å². The molecule has 1 aliphatic carbocycles. The number of nitriles is 2. The Morgan fingerprint density at radius 2 is 2.12 bits per heavy atom. The molecule has 6 nitrogen and oxygen atoms in total. The Labute approximate surface area is 138 Å². The summed E-state index contributed by atoms with van der Waals surface area (Å²) in [6.45, 7) is 0. The Morgan fingerprint density at radius 1 is 1.29 bits per heavy atom. The number of rotatable bonds is 1. The number of nitrogen functional groups attached to an aromatic ring is 1. The number of nitrogens with one attached hydrogen (secondary N) is 1. The molecule has 0 aromatic carbocycles. The third-order valence-corrected chi connectivity index (χ3v) is 4.56. The summed E-state index contributed by atoms with van der Waals surface area (Å²) in [7, 11) is 1.81. The molecular formula is C18H14N6. The summed E-state index contributed by atoms with van der Waals surface area (Å²) in [5, 5.41) is 18.8. The summed E-state index contributed by atoms with van der Waals surface area (Å²) in [4.78, 5) is 7.73. The van der Waals surface area contributed by atoms with Gasteiger partial charge >= 0.3 is 0 Å². The van der Waals surface area contributed by atoms with E-state index >= 15 is 0 Å². The van der Waals surface area contributed by atoms with Crippen LogP contribution in [0.5, 0.6) is 0 Å². The lowest BCUT2D eigenvalue weighted by Gasteiger charge is -2.20. The minimum atomic E-state index is 0.225. The minimum Gasteiger partial charge on any atom is -0.383 e. The Kier molecular flexibility index (Phi) is 2.94. The largest absolute Gasteiger partial charge is 0.383 e. The minimum absolute atomic E-state index is 0.225. The molecule has 116 valence electrons. The predicted molar refractivity (Wildman–Crippen MR) is 89.7 cm³/mol. The molecule has 3 N–H and O–H groups in total. The Balaban J connectivity index is 2.07. The molecule has 4 rings (SSSR count). The van der Waals surface area contributed by atoms with Crippen molar-refractivity contribution >= 4 is 5.82 Å². The zero-order chi connectivity index (χ0) is 16.8. The lowest BCUT2D eigenvalue weighted by atomic mass is 9.86. The first-order valence-electron chi connectivity index (χ1n) is 7.60. The van der Waals surface area contributed by atoms with E-state index in [0.29, 0.717) is 11.3 Å². The summed E-state index contributed by atoms with van der Waals surface area (Å²) < 4.78 is 1.75. The molecule has 0 saturated carbocycles. The van der Waals surface area contributed by atoms with Gasteiger partial charge in [0.25, 0.3) is 0 Å². The van der Waals surface area contributed by atoms with Crippen LogP contribution in [0.3, 0.4) is 0 Å². The second-order valence-corrected chi connectivity index (χ2v) is 5.89. The highest BCUT2D eigenvalue weighted by atomic mass is 14.9. The van der Waals surface area contributed by atoms with Crippen LogP contribution in [0.1, 0.15) is 22.5 Å². The maximum absolute atomic E-state index is 9.60. The van der Waals surface area contributed by atoms with Crippen molar-refractivity contribution in [3.05, 3.63) is 47.0 Å². The number of aromatic amines is 1. The fourth-order valence-corrected chi connectivity index (χ4v) is 3.43. The third kappa shape index (κ3) is 1.84. The zero-order valence-electron chi connectivity index (χ0n) is 13.1. The van der Waals surface area contributed by atoms with E-state index in [1.165, 1.54) is 0 Å². The second-order valence-electron chi connectivity index (χ2n) is 5.89. The van der Waals surface area contributed by atoms with E-state index in [1.807, 2.05) is 25.5 Å².